The topological polar surface area (TPSA) is 88.8 Å². The predicted molar refractivity (Wildman–Crippen MR) is 86.6 cm³/mol. The lowest BCUT2D eigenvalue weighted by atomic mass is 9.80. The molecule has 0 radical (unpaired) electrons. The standard InChI is InChI=1S/C18H19NO5/c20-16(19-12-18(17(21)22)7-10-23-11-8-18)15-14(6-9-24-15)13-4-2-1-3-5-13/h1-6,9H,7-8,10-12H2,(H,19,20)(H,21,22). The molecule has 2 N–H and O–H groups in total. The lowest BCUT2D eigenvalue weighted by Gasteiger charge is -2.33. The minimum absolute atomic E-state index is 0.0550. The summed E-state index contributed by atoms with van der Waals surface area (Å²) in [6, 6.07) is 11.2. The van der Waals surface area contributed by atoms with Crippen LogP contribution >= 0.6 is 0 Å². The fourth-order valence-corrected chi connectivity index (χ4v) is 2.89. The van der Waals surface area contributed by atoms with Crippen LogP contribution in [0.1, 0.15) is 23.4 Å². The Kier molecular flexibility index (Phi) is 4.66. The molecule has 126 valence electrons. The van der Waals surface area contributed by atoms with Gasteiger partial charge in [-0.3, -0.25) is 9.59 Å². The zero-order chi connectivity index (χ0) is 17.0. The Hall–Kier alpha value is -2.60. The maximum atomic E-state index is 12.5. The number of hydrogen-bond donors (Lipinski definition) is 2. The Morgan fingerprint density at radius 3 is 2.50 bits per heavy atom. The first-order valence-corrected chi connectivity index (χ1v) is 7.85. The Balaban J connectivity index is 1.74. The number of benzene rings is 1. The van der Waals surface area contributed by atoms with E-state index in [0.29, 0.717) is 31.6 Å². The van der Waals surface area contributed by atoms with Crippen LogP contribution in [0, 0.1) is 5.41 Å². The maximum Gasteiger partial charge on any atom is 0.311 e. The second-order valence-electron chi connectivity index (χ2n) is 5.91. The molecule has 1 aromatic heterocycles. The number of nitrogens with one attached hydrogen (secondary N) is 1. The van der Waals surface area contributed by atoms with E-state index in [1.165, 1.54) is 6.26 Å². The Labute approximate surface area is 139 Å². The second-order valence-corrected chi connectivity index (χ2v) is 5.91. The van der Waals surface area contributed by atoms with Crippen molar-refractivity contribution >= 4 is 11.9 Å². The lowest BCUT2D eigenvalue weighted by Crippen LogP contribution is -2.46. The molecule has 6 nitrogen and oxygen atoms in total. The van der Waals surface area contributed by atoms with Gasteiger partial charge in [-0.25, -0.2) is 0 Å². The Bertz CT molecular complexity index is 716. The van der Waals surface area contributed by atoms with Crippen molar-refractivity contribution in [1.82, 2.24) is 5.32 Å². The van der Waals surface area contributed by atoms with Gasteiger partial charge in [-0.15, -0.1) is 0 Å². The van der Waals surface area contributed by atoms with Gasteiger partial charge in [0.15, 0.2) is 5.76 Å². The van der Waals surface area contributed by atoms with Crippen molar-refractivity contribution in [2.45, 2.75) is 12.8 Å². The van der Waals surface area contributed by atoms with Crippen LogP contribution in [0.2, 0.25) is 0 Å². The van der Waals surface area contributed by atoms with Crippen molar-refractivity contribution in [3.05, 3.63) is 48.4 Å². The maximum absolute atomic E-state index is 12.5. The van der Waals surface area contributed by atoms with Crippen molar-refractivity contribution in [3.8, 4) is 11.1 Å². The molecular weight excluding hydrogens is 310 g/mol. The van der Waals surface area contributed by atoms with E-state index < -0.39 is 17.3 Å². The molecule has 0 unspecified atom stereocenters. The largest absolute Gasteiger partial charge is 0.481 e. The molecule has 3 rings (SSSR count). The van der Waals surface area contributed by atoms with E-state index in [4.69, 9.17) is 9.15 Å². The molecule has 1 aromatic carbocycles. The third-order valence-electron chi connectivity index (χ3n) is 4.45. The number of aliphatic carboxylic acids is 1. The van der Waals surface area contributed by atoms with Gasteiger partial charge in [0.05, 0.1) is 11.7 Å². The molecule has 1 saturated heterocycles. The van der Waals surface area contributed by atoms with Crippen molar-refractivity contribution in [2.75, 3.05) is 19.8 Å². The van der Waals surface area contributed by atoms with Crippen molar-refractivity contribution < 1.29 is 23.8 Å². The Morgan fingerprint density at radius 1 is 1.12 bits per heavy atom. The number of furan rings is 1. The van der Waals surface area contributed by atoms with Crippen LogP contribution in [0.4, 0.5) is 0 Å². The van der Waals surface area contributed by atoms with Gasteiger partial charge in [-0.05, 0) is 24.5 Å². The van der Waals surface area contributed by atoms with E-state index in [1.807, 2.05) is 30.3 Å². The van der Waals surface area contributed by atoms with Crippen LogP contribution in [0.25, 0.3) is 11.1 Å². The van der Waals surface area contributed by atoms with Gasteiger partial charge >= 0.3 is 5.97 Å². The quantitative estimate of drug-likeness (QED) is 0.880. The molecule has 1 amide bonds. The number of ether oxygens (including phenoxy) is 1. The number of amides is 1. The highest BCUT2D eigenvalue weighted by Crippen LogP contribution is 2.30. The SMILES string of the molecule is O=C(NCC1(C(=O)O)CCOCC1)c1occc1-c1ccccc1. The van der Waals surface area contributed by atoms with E-state index in [2.05, 4.69) is 5.32 Å². The molecule has 0 bridgehead atoms. The molecule has 0 aliphatic carbocycles. The highest BCUT2D eigenvalue weighted by atomic mass is 16.5. The van der Waals surface area contributed by atoms with Gasteiger partial charge in [-0.2, -0.15) is 0 Å². The van der Waals surface area contributed by atoms with Gasteiger partial charge < -0.3 is 19.6 Å². The lowest BCUT2D eigenvalue weighted by molar-refractivity contribution is -0.154. The molecule has 1 fully saturated rings. The molecule has 6 heteroatoms. The van der Waals surface area contributed by atoms with E-state index in [-0.39, 0.29) is 12.3 Å². The third kappa shape index (κ3) is 3.19. The normalized spacial score (nSPS) is 16.5. The molecule has 1 aliphatic rings. The molecular formula is C18H19NO5. The number of rotatable bonds is 5. The molecule has 1 aliphatic heterocycles. The summed E-state index contributed by atoms with van der Waals surface area (Å²) in [6.07, 6.45) is 2.22. The molecule has 0 atom stereocenters. The zero-order valence-corrected chi connectivity index (χ0v) is 13.2. The van der Waals surface area contributed by atoms with E-state index in [1.54, 1.807) is 6.07 Å². The molecule has 0 saturated carbocycles. The second kappa shape index (κ2) is 6.88. The predicted octanol–water partition coefficient (Wildman–Crippen LogP) is 2.56. The monoisotopic (exact) mass is 329 g/mol. The van der Waals surface area contributed by atoms with Crippen LogP contribution in [0.5, 0.6) is 0 Å². The number of carbonyl (C=O) groups excluding carboxylic acids is 1. The summed E-state index contributed by atoms with van der Waals surface area (Å²) in [5, 5.41) is 12.3. The minimum atomic E-state index is -0.979. The number of carboxylic acid groups (broad SMARTS) is 1. The first-order valence-electron chi connectivity index (χ1n) is 7.85. The summed E-state index contributed by atoms with van der Waals surface area (Å²) in [6.45, 7) is 0.829. The average molecular weight is 329 g/mol. The molecule has 2 heterocycles. The fraction of sp³-hybridized carbons (Fsp3) is 0.333. The molecule has 2 aromatic rings. The van der Waals surface area contributed by atoms with Gasteiger partial charge in [-0.1, -0.05) is 30.3 Å². The van der Waals surface area contributed by atoms with Crippen LogP contribution in [-0.4, -0.2) is 36.7 Å². The average Bonchev–Trinajstić information content (AvgIpc) is 3.11. The van der Waals surface area contributed by atoms with Crippen LogP contribution in [0.15, 0.2) is 47.1 Å². The van der Waals surface area contributed by atoms with E-state index >= 15 is 0 Å². The minimum Gasteiger partial charge on any atom is -0.481 e. The third-order valence-corrected chi connectivity index (χ3v) is 4.45. The summed E-state index contributed by atoms with van der Waals surface area (Å²) < 4.78 is 10.6. The molecule has 24 heavy (non-hydrogen) atoms. The van der Waals surface area contributed by atoms with E-state index in [9.17, 15) is 14.7 Å². The highest BCUT2D eigenvalue weighted by Gasteiger charge is 2.40. The first-order chi connectivity index (χ1) is 11.6. The molecule has 0 spiro atoms. The summed E-state index contributed by atoms with van der Waals surface area (Å²) in [5.41, 5.74) is 0.577. The van der Waals surface area contributed by atoms with Crippen LogP contribution in [-0.2, 0) is 9.53 Å². The van der Waals surface area contributed by atoms with Gasteiger partial charge in [0.2, 0.25) is 0 Å². The van der Waals surface area contributed by atoms with Gasteiger partial charge in [0.1, 0.15) is 0 Å². The summed E-state index contributed by atoms with van der Waals surface area (Å²) in [4.78, 5) is 24.1. The van der Waals surface area contributed by atoms with Gasteiger partial charge in [0, 0.05) is 25.3 Å². The van der Waals surface area contributed by atoms with Crippen LogP contribution in [0.3, 0.4) is 0 Å². The zero-order valence-electron chi connectivity index (χ0n) is 13.2. The van der Waals surface area contributed by atoms with Crippen LogP contribution < -0.4 is 5.32 Å². The van der Waals surface area contributed by atoms with Gasteiger partial charge in [0.25, 0.3) is 5.91 Å². The summed E-state index contributed by atoms with van der Waals surface area (Å²) >= 11 is 0. The van der Waals surface area contributed by atoms with Crippen molar-refractivity contribution in [3.63, 3.8) is 0 Å². The van der Waals surface area contributed by atoms with Crippen molar-refractivity contribution in [1.29, 1.82) is 0 Å². The first kappa shape index (κ1) is 16.3. The Morgan fingerprint density at radius 2 is 1.83 bits per heavy atom. The summed E-state index contributed by atoms with van der Waals surface area (Å²) in [5.74, 6) is -1.13. The number of hydrogen-bond acceptors (Lipinski definition) is 4. The highest BCUT2D eigenvalue weighted by molar-refractivity contribution is 5.98. The summed E-state index contributed by atoms with van der Waals surface area (Å²) in [7, 11) is 0. The van der Waals surface area contributed by atoms with E-state index in [0.717, 1.165) is 5.56 Å². The smallest absolute Gasteiger partial charge is 0.311 e. The number of carboxylic acids is 1. The fourth-order valence-electron chi connectivity index (χ4n) is 2.89. The number of carbonyl (C=O) groups is 2. The van der Waals surface area contributed by atoms with Crippen molar-refractivity contribution in [2.24, 2.45) is 5.41 Å².